The van der Waals surface area contributed by atoms with Gasteiger partial charge in [-0.15, -0.1) is 0 Å². The van der Waals surface area contributed by atoms with Gasteiger partial charge in [-0.2, -0.15) is 0 Å². The molecule has 4 rings (SSSR count). The van der Waals surface area contributed by atoms with Crippen LogP contribution in [-0.2, 0) is 24.0 Å². The summed E-state index contributed by atoms with van der Waals surface area (Å²) in [6.45, 7) is 11.3. The molecule has 13 heteroatoms. The summed E-state index contributed by atoms with van der Waals surface area (Å²) < 4.78 is 0. The number of rotatable bonds is 13. The topological polar surface area (TPSA) is 180 Å². The summed E-state index contributed by atoms with van der Waals surface area (Å²) in [5.41, 5.74) is -0.686. The molecular formula is C34H51N7O6. The summed E-state index contributed by atoms with van der Waals surface area (Å²) in [5, 5.41) is 11.2. The van der Waals surface area contributed by atoms with Crippen molar-refractivity contribution in [2.45, 2.75) is 123 Å². The quantitative estimate of drug-likeness (QED) is 0.233. The van der Waals surface area contributed by atoms with Crippen molar-refractivity contribution in [1.82, 2.24) is 36.1 Å². The van der Waals surface area contributed by atoms with Crippen LogP contribution in [0.15, 0.2) is 18.6 Å². The number of nitrogens with zero attached hydrogens (tertiary/aromatic N) is 3. The smallest absolute Gasteiger partial charge is 0.289 e. The number of hydrogen-bond acceptors (Lipinski definition) is 8. The van der Waals surface area contributed by atoms with Crippen LogP contribution in [0.1, 0.15) is 103 Å². The van der Waals surface area contributed by atoms with Crippen LogP contribution in [0.4, 0.5) is 0 Å². The standard InChI is InChI=1S/C34H51N7O6/c1-7-10-23(27(42)32(46)37-21-12-9-13-21)38-31(45)26-22-14-8-11-20(22)18-41(26)33(47)28(34(4,5)6)40-30(44)25(19(2)3)39-29(43)24-17-35-15-16-36-24/h15-17,19-23,25-26,28H,7-14,18H2,1-6H3,(H,37,46)(H,38,45)(H,39,43)(H,40,44)/t20-,22-,23?,25+,26-,28+/m0/s1. The third-order valence-electron chi connectivity index (χ3n) is 9.75. The molecule has 6 atom stereocenters. The van der Waals surface area contributed by atoms with E-state index in [0.717, 1.165) is 38.5 Å². The van der Waals surface area contributed by atoms with Crippen LogP contribution in [0.25, 0.3) is 0 Å². The second-order valence-corrected chi connectivity index (χ2v) is 14.7. The number of amides is 5. The molecule has 1 unspecified atom stereocenters. The number of carbonyl (C=O) groups excluding carboxylic acids is 6. The first-order chi connectivity index (χ1) is 22.2. The molecule has 258 valence electrons. The Morgan fingerprint density at radius 3 is 2.23 bits per heavy atom. The zero-order valence-electron chi connectivity index (χ0n) is 28.5. The fourth-order valence-electron chi connectivity index (χ4n) is 6.86. The van der Waals surface area contributed by atoms with Gasteiger partial charge >= 0.3 is 0 Å². The average Bonchev–Trinajstić information content (AvgIpc) is 3.60. The molecule has 0 radical (unpaired) electrons. The summed E-state index contributed by atoms with van der Waals surface area (Å²) >= 11 is 0. The zero-order valence-corrected chi connectivity index (χ0v) is 28.5. The van der Waals surface area contributed by atoms with Crippen molar-refractivity contribution in [3.05, 3.63) is 24.3 Å². The molecule has 1 aromatic heterocycles. The first-order valence-corrected chi connectivity index (χ1v) is 17.1. The van der Waals surface area contributed by atoms with Gasteiger partial charge in [0.2, 0.25) is 23.5 Å². The molecule has 13 nitrogen and oxygen atoms in total. The van der Waals surface area contributed by atoms with E-state index in [1.54, 1.807) is 18.7 Å². The molecule has 0 aromatic carbocycles. The number of Topliss-reactive ketones (excluding diaryl/α,β-unsaturated/α-hetero) is 1. The third kappa shape index (κ3) is 8.53. The van der Waals surface area contributed by atoms with Crippen molar-refractivity contribution in [3.8, 4) is 0 Å². The van der Waals surface area contributed by atoms with E-state index in [-0.39, 0.29) is 29.5 Å². The van der Waals surface area contributed by atoms with Gasteiger partial charge in [-0.1, -0.05) is 54.4 Å². The van der Waals surface area contributed by atoms with Crippen molar-refractivity contribution in [2.75, 3.05) is 6.54 Å². The fourth-order valence-corrected chi connectivity index (χ4v) is 6.86. The van der Waals surface area contributed by atoms with E-state index in [1.807, 2.05) is 27.7 Å². The lowest BCUT2D eigenvalue weighted by Crippen LogP contribution is -2.62. The van der Waals surface area contributed by atoms with E-state index in [9.17, 15) is 28.8 Å². The summed E-state index contributed by atoms with van der Waals surface area (Å²) in [6, 6.07) is -3.82. The minimum absolute atomic E-state index is 0.00760. The van der Waals surface area contributed by atoms with E-state index in [4.69, 9.17) is 0 Å². The summed E-state index contributed by atoms with van der Waals surface area (Å²) in [5.74, 6) is -3.60. The van der Waals surface area contributed by atoms with Crippen molar-refractivity contribution in [3.63, 3.8) is 0 Å². The van der Waals surface area contributed by atoms with Crippen LogP contribution in [0.2, 0.25) is 0 Å². The van der Waals surface area contributed by atoms with Crippen LogP contribution in [0.5, 0.6) is 0 Å². The molecule has 2 heterocycles. The first-order valence-electron chi connectivity index (χ1n) is 17.1. The molecular weight excluding hydrogens is 602 g/mol. The number of nitrogens with one attached hydrogen (secondary N) is 4. The lowest BCUT2D eigenvalue weighted by atomic mass is 9.85. The number of carbonyl (C=O) groups is 6. The van der Waals surface area contributed by atoms with Crippen LogP contribution < -0.4 is 21.3 Å². The predicted molar refractivity (Wildman–Crippen MR) is 173 cm³/mol. The Hall–Kier alpha value is -3.90. The molecule has 1 aliphatic heterocycles. The van der Waals surface area contributed by atoms with Crippen LogP contribution >= 0.6 is 0 Å². The van der Waals surface area contributed by atoms with Gasteiger partial charge in [0.15, 0.2) is 0 Å². The first kappa shape index (κ1) is 35.9. The average molecular weight is 654 g/mol. The fraction of sp³-hybridized carbons (Fsp3) is 0.706. The third-order valence-corrected chi connectivity index (χ3v) is 9.75. The van der Waals surface area contributed by atoms with Gasteiger partial charge in [-0.25, -0.2) is 4.98 Å². The molecule has 1 saturated heterocycles. The minimum atomic E-state index is -1.01. The van der Waals surface area contributed by atoms with E-state index >= 15 is 0 Å². The summed E-state index contributed by atoms with van der Waals surface area (Å²) in [4.78, 5) is 90.4. The lowest BCUT2D eigenvalue weighted by molar-refractivity contribution is -0.146. The normalized spacial score (nSPS) is 22.8. The van der Waals surface area contributed by atoms with Gasteiger partial charge < -0.3 is 26.2 Å². The molecule has 4 N–H and O–H groups in total. The summed E-state index contributed by atoms with van der Waals surface area (Å²) in [6.07, 6.45) is 10.3. The van der Waals surface area contributed by atoms with E-state index in [2.05, 4.69) is 31.2 Å². The van der Waals surface area contributed by atoms with Gasteiger partial charge in [-0.05, 0) is 61.7 Å². The van der Waals surface area contributed by atoms with Crippen molar-refractivity contribution < 1.29 is 28.8 Å². The number of ketones is 1. The molecule has 5 amide bonds. The Morgan fingerprint density at radius 2 is 1.66 bits per heavy atom. The zero-order chi connectivity index (χ0) is 34.5. The maximum Gasteiger partial charge on any atom is 0.289 e. The maximum atomic E-state index is 14.4. The molecule has 2 aliphatic carbocycles. The highest BCUT2D eigenvalue weighted by Gasteiger charge is 2.52. The minimum Gasteiger partial charge on any atom is -0.347 e. The van der Waals surface area contributed by atoms with Gasteiger partial charge in [0.05, 0.1) is 12.2 Å². The van der Waals surface area contributed by atoms with Gasteiger partial charge in [0.25, 0.3) is 11.8 Å². The second-order valence-electron chi connectivity index (χ2n) is 14.7. The maximum absolute atomic E-state index is 14.4. The molecule has 1 aromatic rings. The largest absolute Gasteiger partial charge is 0.347 e. The number of hydrogen-bond donors (Lipinski definition) is 4. The highest BCUT2D eigenvalue weighted by Crippen LogP contribution is 2.43. The molecule has 3 aliphatic rings. The highest BCUT2D eigenvalue weighted by atomic mass is 16.2. The van der Waals surface area contributed by atoms with Gasteiger partial charge in [0, 0.05) is 25.0 Å². The lowest BCUT2D eigenvalue weighted by Gasteiger charge is -2.37. The van der Waals surface area contributed by atoms with Gasteiger partial charge in [0.1, 0.15) is 23.8 Å². The van der Waals surface area contributed by atoms with Crippen LogP contribution in [0, 0.1) is 23.2 Å². The van der Waals surface area contributed by atoms with E-state index in [1.165, 1.54) is 18.6 Å². The Balaban J connectivity index is 1.53. The van der Waals surface area contributed by atoms with Crippen molar-refractivity contribution in [1.29, 1.82) is 0 Å². The van der Waals surface area contributed by atoms with E-state index < -0.39 is 64.9 Å². The van der Waals surface area contributed by atoms with Crippen LogP contribution in [0.3, 0.4) is 0 Å². The molecule has 47 heavy (non-hydrogen) atoms. The Morgan fingerprint density at radius 1 is 0.957 bits per heavy atom. The predicted octanol–water partition coefficient (Wildman–Crippen LogP) is 1.91. The second kappa shape index (κ2) is 15.3. The highest BCUT2D eigenvalue weighted by molar-refractivity contribution is 6.38. The number of likely N-dealkylation sites (tertiary alicyclic amines) is 1. The Labute approximate surface area is 277 Å². The molecule has 2 saturated carbocycles. The summed E-state index contributed by atoms with van der Waals surface area (Å²) in [7, 11) is 0. The van der Waals surface area contributed by atoms with E-state index in [0.29, 0.717) is 19.4 Å². The number of fused-ring (bicyclic) bond motifs is 1. The van der Waals surface area contributed by atoms with Gasteiger partial charge in [-0.3, -0.25) is 33.8 Å². The van der Waals surface area contributed by atoms with Crippen molar-refractivity contribution in [2.24, 2.45) is 23.2 Å². The Kier molecular flexibility index (Phi) is 11.7. The molecule has 3 fully saturated rings. The Bertz CT molecular complexity index is 1330. The van der Waals surface area contributed by atoms with Crippen LogP contribution in [-0.4, -0.2) is 86.9 Å². The molecule has 0 spiro atoms. The van der Waals surface area contributed by atoms with Crippen molar-refractivity contribution >= 4 is 35.3 Å². The molecule has 0 bridgehead atoms. The monoisotopic (exact) mass is 653 g/mol. The SMILES string of the molecule is CCCC(NC(=O)[C@@H]1[C@H]2CCC[C@H]2CN1C(=O)[C@@H](NC(=O)[C@H](NC(=O)c1cnccn1)C(C)C)C(C)(C)C)C(=O)C(=O)NC1CCC1. The number of aromatic nitrogens is 2.